The number of pyridine rings is 1. The van der Waals surface area contributed by atoms with Gasteiger partial charge in [-0.05, 0) is 93.4 Å². The van der Waals surface area contributed by atoms with Gasteiger partial charge in [-0.2, -0.15) is 0 Å². The second-order valence-electron chi connectivity index (χ2n) is 12.0. The minimum atomic E-state index is -0.545. The number of allylic oxidation sites excluding steroid dienone is 4. The Bertz CT molecular complexity index is 1670. The van der Waals surface area contributed by atoms with Gasteiger partial charge in [0.1, 0.15) is 5.49 Å². The fraction of sp³-hybridized carbons (Fsp3) is 0.278. The molecule has 214 valence electrons. The van der Waals surface area contributed by atoms with Gasteiger partial charge in [0.2, 0.25) is 0 Å². The number of hydrogen-bond acceptors (Lipinski definition) is 4. The molecule has 1 aliphatic carbocycles. The zero-order chi connectivity index (χ0) is 30.1. The minimum Gasteiger partial charge on any atom is -0.399 e. The molecule has 42 heavy (non-hydrogen) atoms. The second kappa shape index (κ2) is 11.7. The van der Waals surface area contributed by atoms with Crippen LogP contribution in [-0.2, 0) is 16.4 Å². The van der Waals surface area contributed by atoms with Crippen LogP contribution in [0.3, 0.4) is 0 Å². The van der Waals surface area contributed by atoms with E-state index in [0.717, 1.165) is 57.3 Å². The molecule has 0 unspecified atom stereocenters. The van der Waals surface area contributed by atoms with Crippen LogP contribution in [0.5, 0.6) is 0 Å². The zero-order valence-electron chi connectivity index (χ0n) is 25.6. The fourth-order valence-electron chi connectivity index (χ4n) is 5.09. The van der Waals surface area contributed by atoms with Crippen molar-refractivity contribution in [2.75, 3.05) is 0 Å². The molecule has 0 atom stereocenters. The monoisotopic (exact) mass is 557 g/mol. The molecule has 0 spiro atoms. The summed E-state index contributed by atoms with van der Waals surface area (Å²) >= 11 is 0. The van der Waals surface area contributed by atoms with Crippen molar-refractivity contribution in [3.8, 4) is 11.1 Å². The van der Waals surface area contributed by atoms with Crippen LogP contribution in [0, 0.1) is 0 Å². The molecule has 5 rings (SSSR count). The second-order valence-corrected chi connectivity index (χ2v) is 12.0. The van der Waals surface area contributed by atoms with Crippen LogP contribution in [0.2, 0.25) is 0 Å². The number of aliphatic imine (C=N–C) groups is 1. The van der Waals surface area contributed by atoms with Crippen LogP contribution < -0.4 is 11.0 Å². The highest BCUT2D eigenvalue weighted by Gasteiger charge is 2.51. The molecule has 5 nitrogen and oxygen atoms in total. The number of aryl methyl sites for hydroxylation is 1. The Morgan fingerprint density at radius 1 is 0.881 bits per heavy atom. The third kappa shape index (κ3) is 6.11. The zero-order valence-corrected chi connectivity index (χ0v) is 25.6. The van der Waals surface area contributed by atoms with E-state index in [4.69, 9.17) is 19.3 Å². The molecule has 1 aromatic heterocycles. The molecule has 0 radical (unpaired) electrons. The smallest absolute Gasteiger partial charge is 0.399 e. The van der Waals surface area contributed by atoms with E-state index in [-0.39, 0.29) is 0 Å². The molecule has 1 aliphatic heterocycles. The molecular weight excluding hydrogens is 517 g/mol. The van der Waals surface area contributed by atoms with Crippen LogP contribution in [0.1, 0.15) is 58.6 Å². The van der Waals surface area contributed by atoms with Crippen LogP contribution in [-0.4, -0.2) is 28.6 Å². The molecule has 1 fully saturated rings. The van der Waals surface area contributed by atoms with Gasteiger partial charge in [0.05, 0.1) is 22.6 Å². The predicted octanol–water partition coefficient (Wildman–Crippen LogP) is 7.27. The Kier molecular flexibility index (Phi) is 8.22. The van der Waals surface area contributed by atoms with Crippen LogP contribution >= 0.6 is 0 Å². The van der Waals surface area contributed by atoms with E-state index in [9.17, 15) is 0 Å². The lowest BCUT2D eigenvalue weighted by Gasteiger charge is -2.32. The van der Waals surface area contributed by atoms with Crippen molar-refractivity contribution in [2.45, 2.75) is 58.7 Å². The van der Waals surface area contributed by atoms with E-state index >= 15 is 0 Å². The molecule has 3 aromatic rings. The molecule has 0 saturated carbocycles. The Hall–Kier alpha value is -4.00. The first-order valence-corrected chi connectivity index (χ1v) is 14.5. The average molecular weight is 558 g/mol. The number of rotatable bonds is 7. The third-order valence-corrected chi connectivity index (χ3v) is 8.34. The molecule has 6 heteroatoms. The highest BCUT2D eigenvalue weighted by molar-refractivity contribution is 6.62. The summed E-state index contributed by atoms with van der Waals surface area (Å²) in [6.45, 7) is 19.0. The maximum absolute atomic E-state index is 6.44. The summed E-state index contributed by atoms with van der Waals surface area (Å²) in [7, 11) is 1.45. The van der Waals surface area contributed by atoms with Gasteiger partial charge in [0, 0.05) is 24.5 Å². The first kappa shape index (κ1) is 29.5. The van der Waals surface area contributed by atoms with Gasteiger partial charge in [0.25, 0.3) is 0 Å². The topological polar surface area (TPSA) is 48.1 Å². The Balaban J connectivity index is 1.60. The van der Waals surface area contributed by atoms with E-state index in [1.165, 1.54) is 0 Å². The molecule has 2 aromatic carbocycles. The molecule has 0 amide bonds. The summed E-state index contributed by atoms with van der Waals surface area (Å²) in [6, 6.07) is 20.6. The van der Waals surface area contributed by atoms with Crippen LogP contribution in [0.25, 0.3) is 22.5 Å². The summed E-state index contributed by atoms with van der Waals surface area (Å²) in [5, 5.41) is 0. The summed E-state index contributed by atoms with van der Waals surface area (Å²) in [5.41, 5.74) is 7.96. The fourth-order valence-corrected chi connectivity index (χ4v) is 5.09. The predicted molar refractivity (Wildman–Crippen MR) is 176 cm³/mol. The van der Waals surface area contributed by atoms with E-state index in [0.29, 0.717) is 11.4 Å². The minimum absolute atomic E-state index is 0.469. The lowest BCUT2D eigenvalue weighted by atomic mass is 9.77. The normalized spacial score (nSPS) is 18.2. The Morgan fingerprint density at radius 2 is 1.55 bits per heavy atom. The van der Waals surface area contributed by atoms with Crippen LogP contribution in [0.15, 0.2) is 114 Å². The van der Waals surface area contributed by atoms with Gasteiger partial charge in [-0.25, -0.2) is 4.99 Å². The molecule has 2 aliphatic rings. The van der Waals surface area contributed by atoms with Crippen molar-refractivity contribution in [1.82, 2.24) is 4.57 Å². The van der Waals surface area contributed by atoms with E-state index in [1.54, 1.807) is 0 Å². The van der Waals surface area contributed by atoms with Gasteiger partial charge < -0.3 is 13.9 Å². The van der Waals surface area contributed by atoms with E-state index in [2.05, 4.69) is 95.5 Å². The first-order valence-electron chi connectivity index (χ1n) is 14.5. The number of aromatic nitrogens is 1. The molecule has 0 N–H and O–H groups in total. The highest BCUT2D eigenvalue weighted by atomic mass is 16.7. The average Bonchev–Trinajstić information content (AvgIpc) is 3.20. The van der Waals surface area contributed by atoms with Crippen molar-refractivity contribution in [1.29, 1.82) is 0 Å². The Labute approximate surface area is 250 Å². The standard InChI is InChI=1S/C36H40BN3O2/c1-25(28-16-11-9-12-17-28)38-26(2)30-22-31(24-32(23-30)37-41-35(4,5)36(6,7)42-37)27(3)39-34-33(20-15-21-40(34)8)29-18-13-10-14-19-29/h10-11,13-24H,2-3,9,12H2,1,4-8H3/b38-25+,39-34-. The lowest BCUT2D eigenvalue weighted by Crippen LogP contribution is -2.41. The van der Waals surface area contributed by atoms with Gasteiger partial charge in [-0.3, -0.25) is 4.99 Å². The summed E-state index contributed by atoms with van der Waals surface area (Å²) in [5.74, 6) is 0. The van der Waals surface area contributed by atoms with Gasteiger partial charge in [-0.1, -0.05) is 73.9 Å². The van der Waals surface area contributed by atoms with E-state index < -0.39 is 18.3 Å². The van der Waals surface area contributed by atoms with Crippen molar-refractivity contribution in [2.24, 2.45) is 17.0 Å². The summed E-state index contributed by atoms with van der Waals surface area (Å²) < 4.78 is 14.9. The van der Waals surface area contributed by atoms with Crippen LogP contribution in [0.4, 0.5) is 0 Å². The number of hydrogen-bond donors (Lipinski definition) is 0. The number of benzene rings is 2. The molecule has 0 bridgehead atoms. The molecule has 2 heterocycles. The highest BCUT2D eigenvalue weighted by Crippen LogP contribution is 2.37. The van der Waals surface area contributed by atoms with Gasteiger partial charge in [0.15, 0.2) is 0 Å². The first-order chi connectivity index (χ1) is 19.9. The largest absolute Gasteiger partial charge is 0.494 e. The third-order valence-electron chi connectivity index (χ3n) is 8.34. The van der Waals surface area contributed by atoms with Gasteiger partial charge >= 0.3 is 7.12 Å². The van der Waals surface area contributed by atoms with Gasteiger partial charge in [-0.15, -0.1) is 0 Å². The van der Waals surface area contributed by atoms with Crippen molar-refractivity contribution in [3.05, 3.63) is 120 Å². The quantitative estimate of drug-likeness (QED) is 0.227. The molecular formula is C36H40BN3O2. The maximum Gasteiger partial charge on any atom is 0.494 e. The summed E-state index contributed by atoms with van der Waals surface area (Å²) in [4.78, 5) is 9.97. The van der Waals surface area contributed by atoms with Crippen molar-refractivity contribution >= 4 is 29.7 Å². The lowest BCUT2D eigenvalue weighted by molar-refractivity contribution is 0.00578. The summed E-state index contributed by atoms with van der Waals surface area (Å²) in [6.07, 6.45) is 10.6. The van der Waals surface area contributed by atoms with Crippen molar-refractivity contribution < 1.29 is 9.31 Å². The molecule has 1 saturated heterocycles. The maximum atomic E-state index is 6.44. The number of nitrogens with zero attached hydrogens (tertiary/aromatic N) is 3. The van der Waals surface area contributed by atoms with E-state index in [1.807, 2.05) is 49.0 Å². The van der Waals surface area contributed by atoms with Crippen molar-refractivity contribution in [3.63, 3.8) is 0 Å². The Morgan fingerprint density at radius 3 is 2.19 bits per heavy atom. The SMILES string of the molecule is C=C(/N=c1/c(-c2ccccc2)cccn1C)c1cc(B2OC(C)(C)C(C)(C)O2)cc(C(=C)/N=C(\C)C2=CCCC=C2)c1.